The average Bonchev–Trinajstić information content (AvgIpc) is 3.24. The summed E-state index contributed by atoms with van der Waals surface area (Å²) in [6.45, 7) is 0.747. The minimum Gasteiger partial charge on any atom is -0.473 e. The topological polar surface area (TPSA) is 90.2 Å². The van der Waals surface area contributed by atoms with Crippen LogP contribution in [0.1, 0.15) is 12.8 Å². The van der Waals surface area contributed by atoms with Gasteiger partial charge in [-0.3, -0.25) is 0 Å². The summed E-state index contributed by atoms with van der Waals surface area (Å²) in [7, 11) is -3.56. The van der Waals surface area contributed by atoms with Crippen molar-refractivity contribution >= 4 is 21.6 Å². The number of halogens is 1. The number of hydrogen-bond acceptors (Lipinski definition) is 6. The van der Waals surface area contributed by atoms with Gasteiger partial charge in [-0.2, -0.15) is 9.40 Å². The zero-order chi connectivity index (χ0) is 19.6. The van der Waals surface area contributed by atoms with E-state index in [1.807, 2.05) is 0 Å². The molecule has 3 heterocycles. The van der Waals surface area contributed by atoms with E-state index in [0.29, 0.717) is 42.7 Å². The van der Waals surface area contributed by atoms with Crippen LogP contribution in [0.4, 0.5) is 0 Å². The molecule has 1 fully saturated rings. The van der Waals surface area contributed by atoms with Gasteiger partial charge in [0, 0.05) is 36.6 Å². The van der Waals surface area contributed by atoms with E-state index in [2.05, 4.69) is 15.3 Å². The summed E-state index contributed by atoms with van der Waals surface area (Å²) in [5.41, 5.74) is 0. The van der Waals surface area contributed by atoms with Crippen molar-refractivity contribution in [1.82, 2.24) is 24.3 Å². The predicted molar refractivity (Wildman–Crippen MR) is 103 cm³/mol. The van der Waals surface area contributed by atoms with Gasteiger partial charge in [-0.25, -0.2) is 13.1 Å². The number of sulfonamides is 1. The Bertz CT molecular complexity index is 1030. The van der Waals surface area contributed by atoms with Crippen molar-refractivity contribution in [2.24, 2.45) is 0 Å². The van der Waals surface area contributed by atoms with E-state index in [4.69, 9.17) is 16.3 Å². The number of aromatic nitrogens is 4. The number of hydrogen-bond donors (Lipinski definition) is 0. The molecule has 1 aliphatic rings. The van der Waals surface area contributed by atoms with Crippen LogP contribution in [0.3, 0.4) is 0 Å². The van der Waals surface area contributed by atoms with E-state index in [9.17, 15) is 8.42 Å². The molecular weight excluding hydrogens is 402 g/mol. The average molecular weight is 420 g/mol. The van der Waals surface area contributed by atoms with Crippen molar-refractivity contribution in [2.75, 3.05) is 13.1 Å². The molecule has 1 saturated heterocycles. The van der Waals surface area contributed by atoms with Gasteiger partial charge in [-0.15, -0.1) is 10.2 Å². The fourth-order valence-electron chi connectivity index (χ4n) is 3.04. The van der Waals surface area contributed by atoms with Crippen molar-refractivity contribution in [3.63, 3.8) is 0 Å². The second-order valence-electron chi connectivity index (χ2n) is 6.36. The Morgan fingerprint density at radius 3 is 2.54 bits per heavy atom. The summed E-state index contributed by atoms with van der Waals surface area (Å²) >= 11 is 5.93. The molecule has 10 heteroatoms. The third-order valence-electron chi connectivity index (χ3n) is 4.49. The molecule has 1 aliphatic heterocycles. The van der Waals surface area contributed by atoms with Crippen LogP contribution in [0.15, 0.2) is 59.8 Å². The molecule has 3 aromatic rings. The molecule has 0 aliphatic carbocycles. The van der Waals surface area contributed by atoms with Crippen molar-refractivity contribution in [3.05, 3.63) is 59.9 Å². The molecule has 4 rings (SSSR count). The molecule has 0 radical (unpaired) electrons. The molecule has 2 aromatic heterocycles. The number of piperidine rings is 1. The first kappa shape index (κ1) is 18.9. The van der Waals surface area contributed by atoms with E-state index < -0.39 is 10.0 Å². The molecular formula is C18H18ClN5O3S. The van der Waals surface area contributed by atoms with Crippen LogP contribution in [-0.2, 0) is 10.0 Å². The first-order valence-electron chi connectivity index (χ1n) is 8.78. The normalized spacial score (nSPS) is 16.2. The monoisotopic (exact) mass is 419 g/mol. The van der Waals surface area contributed by atoms with Crippen LogP contribution < -0.4 is 4.74 Å². The van der Waals surface area contributed by atoms with E-state index in [-0.39, 0.29) is 11.0 Å². The lowest BCUT2D eigenvalue weighted by atomic mass is 10.1. The Labute approximate surface area is 167 Å². The molecule has 0 bridgehead atoms. The fourth-order valence-corrected chi connectivity index (χ4v) is 4.81. The second-order valence-corrected chi connectivity index (χ2v) is 8.73. The lowest BCUT2D eigenvalue weighted by Gasteiger charge is -2.31. The van der Waals surface area contributed by atoms with Crippen LogP contribution in [0.2, 0.25) is 5.02 Å². The van der Waals surface area contributed by atoms with Crippen LogP contribution in [-0.4, -0.2) is 51.9 Å². The van der Waals surface area contributed by atoms with Gasteiger partial charge in [0.15, 0.2) is 5.82 Å². The van der Waals surface area contributed by atoms with Crippen molar-refractivity contribution in [3.8, 4) is 11.7 Å². The lowest BCUT2D eigenvalue weighted by Crippen LogP contribution is -2.41. The summed E-state index contributed by atoms with van der Waals surface area (Å²) in [4.78, 5) is 0.208. The minimum absolute atomic E-state index is 0.115. The molecule has 28 heavy (non-hydrogen) atoms. The van der Waals surface area contributed by atoms with E-state index in [0.717, 1.165) is 0 Å². The highest BCUT2D eigenvalue weighted by Crippen LogP contribution is 2.24. The van der Waals surface area contributed by atoms with Gasteiger partial charge >= 0.3 is 0 Å². The van der Waals surface area contributed by atoms with Crippen molar-refractivity contribution in [2.45, 2.75) is 23.8 Å². The molecule has 0 unspecified atom stereocenters. The van der Waals surface area contributed by atoms with Gasteiger partial charge in [-0.05, 0) is 43.2 Å². The first-order valence-corrected chi connectivity index (χ1v) is 10.6. The van der Waals surface area contributed by atoms with Crippen LogP contribution >= 0.6 is 11.6 Å². The van der Waals surface area contributed by atoms with Crippen molar-refractivity contribution < 1.29 is 13.2 Å². The van der Waals surface area contributed by atoms with Gasteiger partial charge in [0.05, 0.1) is 4.90 Å². The smallest absolute Gasteiger partial charge is 0.243 e. The zero-order valence-electron chi connectivity index (χ0n) is 14.8. The molecule has 8 nitrogen and oxygen atoms in total. The van der Waals surface area contributed by atoms with Crippen molar-refractivity contribution in [1.29, 1.82) is 0 Å². The van der Waals surface area contributed by atoms with Gasteiger partial charge in [0.2, 0.25) is 15.9 Å². The van der Waals surface area contributed by atoms with E-state index in [1.165, 1.54) is 10.4 Å². The van der Waals surface area contributed by atoms with Crippen LogP contribution in [0, 0.1) is 0 Å². The Hall–Kier alpha value is -2.49. The highest BCUT2D eigenvalue weighted by atomic mass is 35.5. The maximum absolute atomic E-state index is 12.8. The number of ether oxygens (including phenoxy) is 1. The molecule has 0 atom stereocenters. The fraction of sp³-hybridized carbons (Fsp3) is 0.278. The SMILES string of the molecule is O=S(=O)(c1cccc(Cl)c1)N1CCC(Oc2ccc(-n3cccn3)nn2)CC1. The Kier molecular flexibility index (Phi) is 5.29. The standard InChI is InChI=1S/C18H18ClN5O3S/c19-14-3-1-4-16(13-14)28(25,26)23-11-7-15(8-12-23)27-18-6-5-17(21-22-18)24-10-2-9-20-24/h1-6,9-10,13,15H,7-8,11-12H2. The number of nitrogens with zero attached hydrogens (tertiary/aromatic N) is 5. The summed E-state index contributed by atoms with van der Waals surface area (Å²) in [5.74, 6) is 1.01. The molecule has 0 saturated carbocycles. The molecule has 0 amide bonds. The zero-order valence-corrected chi connectivity index (χ0v) is 16.4. The van der Waals surface area contributed by atoms with Crippen LogP contribution in [0.25, 0.3) is 5.82 Å². The molecule has 146 valence electrons. The maximum atomic E-state index is 12.8. The Balaban J connectivity index is 1.36. The highest BCUT2D eigenvalue weighted by molar-refractivity contribution is 7.89. The minimum atomic E-state index is -3.56. The Morgan fingerprint density at radius 2 is 1.89 bits per heavy atom. The quantitative estimate of drug-likeness (QED) is 0.631. The van der Waals surface area contributed by atoms with Crippen LogP contribution in [0.5, 0.6) is 5.88 Å². The maximum Gasteiger partial charge on any atom is 0.243 e. The summed E-state index contributed by atoms with van der Waals surface area (Å²) in [6, 6.07) is 11.6. The van der Waals surface area contributed by atoms with Gasteiger partial charge in [0.1, 0.15) is 6.10 Å². The summed E-state index contributed by atoms with van der Waals surface area (Å²) < 4.78 is 34.4. The summed E-state index contributed by atoms with van der Waals surface area (Å²) in [6.07, 6.45) is 4.47. The van der Waals surface area contributed by atoms with E-state index >= 15 is 0 Å². The second kappa shape index (κ2) is 7.86. The third kappa shape index (κ3) is 4.01. The van der Waals surface area contributed by atoms with Gasteiger partial charge < -0.3 is 4.74 Å². The molecule has 1 aromatic carbocycles. The third-order valence-corrected chi connectivity index (χ3v) is 6.62. The molecule has 0 spiro atoms. The lowest BCUT2D eigenvalue weighted by molar-refractivity contribution is 0.128. The van der Waals surface area contributed by atoms with Gasteiger partial charge in [0.25, 0.3) is 0 Å². The Morgan fingerprint density at radius 1 is 1.07 bits per heavy atom. The van der Waals surface area contributed by atoms with E-state index in [1.54, 1.807) is 53.5 Å². The first-order chi connectivity index (χ1) is 13.5. The van der Waals surface area contributed by atoms with Gasteiger partial charge in [-0.1, -0.05) is 17.7 Å². The predicted octanol–water partition coefficient (Wildman–Crippen LogP) is 2.55. The summed E-state index contributed by atoms with van der Waals surface area (Å²) in [5, 5.41) is 12.7. The number of rotatable bonds is 5. The highest BCUT2D eigenvalue weighted by Gasteiger charge is 2.30. The molecule has 0 N–H and O–H groups in total. The largest absolute Gasteiger partial charge is 0.473 e. The number of benzene rings is 1.